The molecule has 3 aromatic rings. The summed E-state index contributed by atoms with van der Waals surface area (Å²) in [5.74, 6) is 0.803. The van der Waals surface area contributed by atoms with Gasteiger partial charge in [0.25, 0.3) is 0 Å². The number of aldehydes is 1. The van der Waals surface area contributed by atoms with Crippen molar-refractivity contribution < 1.29 is 9.53 Å². The maximum absolute atomic E-state index is 11.8. The number of anilines is 1. The predicted octanol–water partition coefficient (Wildman–Crippen LogP) is 3.90. The van der Waals surface area contributed by atoms with Gasteiger partial charge in [0.15, 0.2) is 0 Å². The molecule has 0 bridgehead atoms. The van der Waals surface area contributed by atoms with Crippen molar-refractivity contribution in [2.45, 2.75) is 5.92 Å². The normalized spacial score (nSPS) is 18.1. The maximum Gasteiger partial charge on any atom is 0.131 e. The lowest BCUT2D eigenvalue weighted by Crippen LogP contribution is -2.36. The minimum Gasteiger partial charge on any atom is -0.378 e. The van der Waals surface area contributed by atoms with E-state index in [4.69, 9.17) is 9.72 Å². The Morgan fingerprint density at radius 3 is 2.48 bits per heavy atom. The van der Waals surface area contributed by atoms with Crippen LogP contribution in [0.2, 0.25) is 0 Å². The molecule has 1 unspecified atom stereocenters. The van der Waals surface area contributed by atoms with E-state index in [2.05, 4.69) is 41.3 Å². The first kappa shape index (κ1) is 16.2. The van der Waals surface area contributed by atoms with Gasteiger partial charge in [-0.15, -0.1) is 0 Å². The first-order valence-corrected chi connectivity index (χ1v) is 9.33. The lowest BCUT2D eigenvalue weighted by Gasteiger charge is -2.27. The highest BCUT2D eigenvalue weighted by Gasteiger charge is 2.30. The van der Waals surface area contributed by atoms with Crippen LogP contribution < -0.4 is 4.90 Å². The van der Waals surface area contributed by atoms with Crippen LogP contribution in [0, 0.1) is 0 Å². The van der Waals surface area contributed by atoms with Crippen LogP contribution in [-0.2, 0) is 9.53 Å². The smallest absolute Gasteiger partial charge is 0.131 e. The Morgan fingerprint density at radius 2 is 1.70 bits per heavy atom. The van der Waals surface area contributed by atoms with E-state index in [9.17, 15) is 4.79 Å². The summed E-state index contributed by atoms with van der Waals surface area (Å²) in [5, 5.41) is 0. The number of rotatable bonds is 3. The number of nitrogens with zero attached hydrogens (tertiary/aromatic N) is 2. The van der Waals surface area contributed by atoms with Crippen LogP contribution in [0.1, 0.15) is 17.0 Å². The second-order valence-corrected chi connectivity index (χ2v) is 6.98. The second-order valence-electron chi connectivity index (χ2n) is 6.98. The van der Waals surface area contributed by atoms with Crippen LogP contribution in [0.5, 0.6) is 0 Å². The number of morpholine rings is 1. The molecule has 1 aliphatic carbocycles. The molecule has 0 amide bonds. The molecule has 4 nitrogen and oxygen atoms in total. The number of ether oxygens (including phenoxy) is 1. The highest BCUT2D eigenvalue weighted by molar-refractivity contribution is 5.95. The number of carbonyl (C=O) groups excluding carboxylic acids is 1. The number of aromatic nitrogens is 1. The fourth-order valence-corrected chi connectivity index (χ4v) is 4.21. The van der Waals surface area contributed by atoms with Gasteiger partial charge in [-0.05, 0) is 39.9 Å². The third kappa shape index (κ3) is 2.64. The van der Waals surface area contributed by atoms with Crippen LogP contribution in [0.25, 0.3) is 22.3 Å². The van der Waals surface area contributed by atoms with Crippen LogP contribution in [0.3, 0.4) is 0 Å². The zero-order valence-electron chi connectivity index (χ0n) is 15.0. The SMILES string of the molecule is O=CC1c2ccccc2-c2c(-c3ccc(N4CCOCC4)nc3)cccc21. The van der Waals surface area contributed by atoms with Gasteiger partial charge in [-0.2, -0.15) is 0 Å². The van der Waals surface area contributed by atoms with Gasteiger partial charge in [0.05, 0.1) is 19.1 Å². The van der Waals surface area contributed by atoms with Gasteiger partial charge >= 0.3 is 0 Å². The molecule has 0 N–H and O–H groups in total. The Kier molecular flexibility index (Phi) is 3.98. The highest BCUT2D eigenvalue weighted by Crippen LogP contribution is 2.48. The van der Waals surface area contributed by atoms with Gasteiger partial charge in [-0.3, -0.25) is 0 Å². The Morgan fingerprint density at radius 1 is 0.926 bits per heavy atom. The minimum absolute atomic E-state index is 0.184. The Hall–Kier alpha value is -2.98. The topological polar surface area (TPSA) is 42.4 Å². The Labute approximate surface area is 158 Å². The van der Waals surface area contributed by atoms with Crippen molar-refractivity contribution in [2.24, 2.45) is 0 Å². The van der Waals surface area contributed by atoms with Gasteiger partial charge in [-0.1, -0.05) is 42.5 Å². The molecular weight excluding hydrogens is 336 g/mol. The van der Waals surface area contributed by atoms with Crippen LogP contribution in [-0.4, -0.2) is 37.6 Å². The molecule has 5 rings (SSSR count). The van der Waals surface area contributed by atoms with E-state index in [0.717, 1.165) is 71.8 Å². The number of hydrogen-bond donors (Lipinski definition) is 0. The van der Waals surface area contributed by atoms with Crippen LogP contribution in [0.4, 0.5) is 5.82 Å². The van der Waals surface area contributed by atoms with E-state index in [-0.39, 0.29) is 5.92 Å². The van der Waals surface area contributed by atoms with Gasteiger partial charge in [-0.25, -0.2) is 4.98 Å². The number of benzene rings is 2. The molecule has 1 atom stereocenters. The summed E-state index contributed by atoms with van der Waals surface area (Å²) < 4.78 is 5.42. The summed E-state index contributed by atoms with van der Waals surface area (Å²) in [7, 11) is 0. The standard InChI is InChI=1S/C23H20N2O2/c26-15-21-18-4-1-2-5-19(18)23-17(6-3-7-20(21)23)16-8-9-22(24-14-16)25-10-12-27-13-11-25/h1-9,14-15,21H,10-13H2. The van der Waals surface area contributed by atoms with Gasteiger partial charge < -0.3 is 14.4 Å². The third-order valence-corrected chi connectivity index (χ3v) is 5.53. The monoisotopic (exact) mass is 356 g/mol. The fourth-order valence-electron chi connectivity index (χ4n) is 4.21. The van der Waals surface area contributed by atoms with Crippen molar-refractivity contribution in [1.29, 1.82) is 0 Å². The molecule has 1 aliphatic heterocycles. The molecule has 2 aliphatic rings. The summed E-state index contributed by atoms with van der Waals surface area (Å²) in [6.07, 6.45) is 2.99. The lowest BCUT2D eigenvalue weighted by molar-refractivity contribution is -0.108. The molecule has 2 aromatic carbocycles. The minimum atomic E-state index is -0.184. The third-order valence-electron chi connectivity index (χ3n) is 5.53. The first-order chi connectivity index (χ1) is 13.4. The molecule has 1 aromatic heterocycles. The number of pyridine rings is 1. The van der Waals surface area contributed by atoms with E-state index in [1.807, 2.05) is 24.4 Å². The first-order valence-electron chi connectivity index (χ1n) is 9.33. The van der Waals surface area contributed by atoms with E-state index >= 15 is 0 Å². The summed E-state index contributed by atoms with van der Waals surface area (Å²) in [6, 6.07) is 18.6. The van der Waals surface area contributed by atoms with Crippen molar-refractivity contribution in [3.63, 3.8) is 0 Å². The van der Waals surface area contributed by atoms with Crippen molar-refractivity contribution >= 4 is 12.1 Å². The summed E-state index contributed by atoms with van der Waals surface area (Å²) in [4.78, 5) is 18.7. The Bertz CT molecular complexity index is 992. The maximum atomic E-state index is 11.8. The van der Waals surface area contributed by atoms with E-state index in [1.165, 1.54) is 0 Å². The van der Waals surface area contributed by atoms with Gasteiger partial charge in [0.1, 0.15) is 12.1 Å². The molecule has 1 saturated heterocycles. The van der Waals surface area contributed by atoms with Crippen molar-refractivity contribution in [3.05, 3.63) is 71.9 Å². The van der Waals surface area contributed by atoms with Crippen molar-refractivity contribution in [3.8, 4) is 22.3 Å². The molecule has 0 saturated carbocycles. The lowest BCUT2D eigenvalue weighted by atomic mass is 9.94. The fraction of sp³-hybridized carbons (Fsp3) is 0.217. The average molecular weight is 356 g/mol. The van der Waals surface area contributed by atoms with Gasteiger partial charge in [0.2, 0.25) is 0 Å². The van der Waals surface area contributed by atoms with Crippen molar-refractivity contribution in [1.82, 2.24) is 4.98 Å². The molecule has 2 heterocycles. The Balaban J connectivity index is 1.58. The molecule has 134 valence electrons. The van der Waals surface area contributed by atoms with Crippen LogP contribution in [0.15, 0.2) is 60.8 Å². The summed E-state index contributed by atoms with van der Waals surface area (Å²) >= 11 is 0. The molecule has 0 radical (unpaired) electrons. The van der Waals surface area contributed by atoms with E-state index in [0.29, 0.717) is 0 Å². The summed E-state index contributed by atoms with van der Waals surface area (Å²) in [5.41, 5.74) is 6.69. The van der Waals surface area contributed by atoms with E-state index < -0.39 is 0 Å². The zero-order chi connectivity index (χ0) is 18.2. The highest BCUT2D eigenvalue weighted by atomic mass is 16.5. The van der Waals surface area contributed by atoms with Gasteiger partial charge in [0, 0.05) is 24.8 Å². The molecule has 0 spiro atoms. The molecule has 27 heavy (non-hydrogen) atoms. The zero-order valence-corrected chi connectivity index (χ0v) is 15.0. The predicted molar refractivity (Wildman–Crippen MR) is 106 cm³/mol. The average Bonchev–Trinajstić information content (AvgIpc) is 3.08. The number of fused-ring (bicyclic) bond motifs is 3. The summed E-state index contributed by atoms with van der Waals surface area (Å²) in [6.45, 7) is 3.25. The van der Waals surface area contributed by atoms with Crippen molar-refractivity contribution in [2.75, 3.05) is 31.2 Å². The molecule has 4 heteroatoms. The molecule has 1 fully saturated rings. The number of hydrogen-bond acceptors (Lipinski definition) is 4. The largest absolute Gasteiger partial charge is 0.378 e. The number of carbonyl (C=O) groups is 1. The van der Waals surface area contributed by atoms with E-state index in [1.54, 1.807) is 0 Å². The van der Waals surface area contributed by atoms with Crippen LogP contribution >= 0.6 is 0 Å². The second kappa shape index (κ2) is 6.63. The molecular formula is C23H20N2O2. The quantitative estimate of drug-likeness (QED) is 0.668.